The number of hydrogen-bond donors (Lipinski definition) is 1. The van der Waals surface area contributed by atoms with Crippen molar-refractivity contribution in [3.63, 3.8) is 0 Å². The molecule has 20 heavy (non-hydrogen) atoms. The van der Waals surface area contributed by atoms with Crippen LogP contribution in [0.25, 0.3) is 0 Å². The quantitative estimate of drug-likeness (QED) is 0.894. The second kappa shape index (κ2) is 5.81. The van der Waals surface area contributed by atoms with E-state index in [1.165, 1.54) is 12.1 Å². The van der Waals surface area contributed by atoms with E-state index in [-0.39, 0.29) is 11.4 Å². The van der Waals surface area contributed by atoms with Gasteiger partial charge in [-0.1, -0.05) is 33.3 Å². The fraction of sp³-hybridized carbons (Fsp3) is 0.562. The molecular formula is C16H24FN3. The Bertz CT molecular complexity index is 500. The Balaban J connectivity index is 2.37. The summed E-state index contributed by atoms with van der Waals surface area (Å²) in [5, 5.41) is 0. The maximum Gasteiger partial charge on any atom is 0.196 e. The molecule has 0 fully saturated rings. The molecule has 0 saturated heterocycles. The fourth-order valence-electron chi connectivity index (χ4n) is 3.00. The molecule has 2 rings (SSSR count). The molecule has 2 N–H and O–H groups in total. The van der Waals surface area contributed by atoms with Gasteiger partial charge in [-0.05, 0) is 37.0 Å². The largest absolute Gasteiger partial charge is 0.369 e. The molecule has 1 aromatic rings. The minimum absolute atomic E-state index is 0.118. The van der Waals surface area contributed by atoms with Gasteiger partial charge < -0.3 is 10.6 Å². The highest BCUT2D eigenvalue weighted by Gasteiger charge is 2.42. The zero-order valence-corrected chi connectivity index (χ0v) is 12.6. The van der Waals surface area contributed by atoms with Crippen LogP contribution in [0.5, 0.6) is 0 Å². The lowest BCUT2D eigenvalue weighted by Crippen LogP contribution is -2.52. The average Bonchev–Trinajstić information content (AvgIpc) is 2.76. The highest BCUT2D eigenvalue weighted by atomic mass is 19.1. The first-order chi connectivity index (χ1) is 9.52. The summed E-state index contributed by atoms with van der Waals surface area (Å²) < 4.78 is 13.5. The van der Waals surface area contributed by atoms with Gasteiger partial charge in [0.25, 0.3) is 0 Å². The van der Waals surface area contributed by atoms with Crippen LogP contribution < -0.4 is 10.6 Å². The van der Waals surface area contributed by atoms with Crippen molar-refractivity contribution in [3.8, 4) is 0 Å². The van der Waals surface area contributed by atoms with Gasteiger partial charge in [0.1, 0.15) is 5.82 Å². The van der Waals surface area contributed by atoms with Crippen molar-refractivity contribution in [1.82, 2.24) is 0 Å². The zero-order valence-electron chi connectivity index (χ0n) is 12.6. The van der Waals surface area contributed by atoms with E-state index in [1.54, 1.807) is 6.07 Å². The predicted octanol–water partition coefficient (Wildman–Crippen LogP) is 3.55. The highest BCUT2D eigenvalue weighted by molar-refractivity contribution is 5.98. The molecule has 0 aromatic heterocycles. The van der Waals surface area contributed by atoms with Gasteiger partial charge in [0.15, 0.2) is 5.96 Å². The Morgan fingerprint density at radius 1 is 1.45 bits per heavy atom. The smallest absolute Gasteiger partial charge is 0.196 e. The third-order valence-electron chi connectivity index (χ3n) is 4.39. The summed E-state index contributed by atoms with van der Waals surface area (Å²) in [5.74, 6) is 0.851. The van der Waals surface area contributed by atoms with Gasteiger partial charge in [-0.2, -0.15) is 0 Å². The Kier molecular flexibility index (Phi) is 4.31. The van der Waals surface area contributed by atoms with E-state index in [1.807, 2.05) is 11.0 Å². The van der Waals surface area contributed by atoms with Crippen LogP contribution in [0.3, 0.4) is 0 Å². The monoisotopic (exact) mass is 277 g/mol. The Hall–Kier alpha value is -1.58. The molecule has 0 amide bonds. The van der Waals surface area contributed by atoms with E-state index in [0.717, 1.165) is 24.9 Å². The van der Waals surface area contributed by atoms with E-state index in [9.17, 15) is 4.39 Å². The van der Waals surface area contributed by atoms with E-state index in [0.29, 0.717) is 18.4 Å². The lowest BCUT2D eigenvalue weighted by Gasteiger charge is -2.40. The second-order valence-electron chi connectivity index (χ2n) is 5.79. The van der Waals surface area contributed by atoms with Crippen molar-refractivity contribution >= 4 is 11.6 Å². The molecule has 2 atom stereocenters. The van der Waals surface area contributed by atoms with E-state index >= 15 is 0 Å². The van der Waals surface area contributed by atoms with Crippen molar-refractivity contribution in [2.24, 2.45) is 16.6 Å². The van der Waals surface area contributed by atoms with Gasteiger partial charge in [-0.3, -0.25) is 4.99 Å². The highest BCUT2D eigenvalue weighted by Crippen LogP contribution is 2.37. The number of benzene rings is 1. The molecule has 0 bridgehead atoms. The first kappa shape index (κ1) is 14.8. The van der Waals surface area contributed by atoms with Crippen LogP contribution in [0.2, 0.25) is 0 Å². The molecule has 4 heteroatoms. The molecule has 0 saturated carbocycles. The minimum Gasteiger partial charge on any atom is -0.369 e. The summed E-state index contributed by atoms with van der Waals surface area (Å²) in [6.07, 6.45) is 3.08. The number of hydrogen-bond acceptors (Lipinski definition) is 3. The van der Waals surface area contributed by atoms with Crippen molar-refractivity contribution in [1.29, 1.82) is 0 Å². The number of nitrogens with zero attached hydrogens (tertiary/aromatic N) is 2. The molecule has 0 spiro atoms. The Morgan fingerprint density at radius 2 is 2.20 bits per heavy atom. The maximum atomic E-state index is 13.5. The van der Waals surface area contributed by atoms with Gasteiger partial charge in [0.05, 0.1) is 12.1 Å². The van der Waals surface area contributed by atoms with Gasteiger partial charge >= 0.3 is 0 Å². The molecule has 0 radical (unpaired) electrons. The van der Waals surface area contributed by atoms with Crippen molar-refractivity contribution < 1.29 is 4.39 Å². The molecule has 2 unspecified atom stereocenters. The first-order valence-corrected chi connectivity index (χ1v) is 7.38. The minimum atomic E-state index is -0.240. The standard InChI is InChI=1S/C16H24FN3/c1-4-12(3)10-16(5-2)11-19-15(18)20(16)14-8-6-7-13(17)9-14/h6-9,12H,4-5,10-11H2,1-3H3,(H2,18,19). The summed E-state index contributed by atoms with van der Waals surface area (Å²) in [6.45, 7) is 7.29. The van der Waals surface area contributed by atoms with Crippen LogP contribution in [-0.2, 0) is 0 Å². The molecule has 1 aliphatic rings. The predicted molar refractivity (Wildman–Crippen MR) is 82.5 cm³/mol. The average molecular weight is 277 g/mol. The molecule has 0 aliphatic carbocycles. The summed E-state index contributed by atoms with van der Waals surface area (Å²) in [4.78, 5) is 6.46. The van der Waals surface area contributed by atoms with Crippen LogP contribution in [-0.4, -0.2) is 18.0 Å². The van der Waals surface area contributed by atoms with Gasteiger partial charge in [0, 0.05) is 5.69 Å². The number of nitrogens with two attached hydrogens (primary N) is 1. The maximum absolute atomic E-state index is 13.5. The van der Waals surface area contributed by atoms with Crippen LogP contribution in [0.1, 0.15) is 40.0 Å². The number of rotatable bonds is 5. The molecule has 1 aromatic carbocycles. The molecule has 1 aliphatic heterocycles. The molecule has 1 heterocycles. The lowest BCUT2D eigenvalue weighted by atomic mass is 9.83. The lowest BCUT2D eigenvalue weighted by molar-refractivity contribution is 0.333. The molecule has 3 nitrogen and oxygen atoms in total. The number of guanidine groups is 1. The number of anilines is 1. The fourth-order valence-corrected chi connectivity index (χ4v) is 3.00. The summed E-state index contributed by atoms with van der Waals surface area (Å²) >= 11 is 0. The third-order valence-corrected chi connectivity index (χ3v) is 4.39. The van der Waals surface area contributed by atoms with Gasteiger partial charge in [0.2, 0.25) is 0 Å². The van der Waals surface area contributed by atoms with Crippen molar-refractivity contribution in [2.75, 3.05) is 11.4 Å². The topological polar surface area (TPSA) is 41.6 Å². The summed E-state index contributed by atoms with van der Waals surface area (Å²) in [6, 6.07) is 6.61. The Morgan fingerprint density at radius 3 is 2.80 bits per heavy atom. The van der Waals surface area contributed by atoms with E-state index < -0.39 is 0 Å². The van der Waals surface area contributed by atoms with E-state index in [4.69, 9.17) is 5.73 Å². The first-order valence-electron chi connectivity index (χ1n) is 7.38. The SMILES string of the molecule is CCC(C)CC1(CC)CN=C(N)N1c1cccc(F)c1. The molecule has 110 valence electrons. The number of aliphatic imine (C=N–C) groups is 1. The van der Waals surface area contributed by atoms with Crippen LogP contribution >= 0.6 is 0 Å². The van der Waals surface area contributed by atoms with E-state index in [2.05, 4.69) is 25.8 Å². The van der Waals surface area contributed by atoms with Crippen molar-refractivity contribution in [3.05, 3.63) is 30.1 Å². The summed E-state index contributed by atoms with van der Waals surface area (Å²) in [5.41, 5.74) is 6.77. The summed E-state index contributed by atoms with van der Waals surface area (Å²) in [7, 11) is 0. The van der Waals surface area contributed by atoms with Crippen LogP contribution in [0.15, 0.2) is 29.3 Å². The zero-order chi connectivity index (χ0) is 14.8. The number of halogens is 1. The van der Waals surface area contributed by atoms with Crippen LogP contribution in [0, 0.1) is 11.7 Å². The Labute approximate surface area is 120 Å². The second-order valence-corrected chi connectivity index (χ2v) is 5.79. The van der Waals surface area contributed by atoms with Gasteiger partial charge in [-0.25, -0.2) is 4.39 Å². The normalized spacial score (nSPS) is 23.8. The third kappa shape index (κ3) is 2.65. The molecular weight excluding hydrogens is 253 g/mol. The van der Waals surface area contributed by atoms with Gasteiger partial charge in [-0.15, -0.1) is 0 Å². The van der Waals surface area contributed by atoms with Crippen LogP contribution in [0.4, 0.5) is 10.1 Å². The van der Waals surface area contributed by atoms with Crippen molar-refractivity contribution in [2.45, 2.75) is 45.6 Å².